The molecule has 1 saturated heterocycles. The van der Waals surface area contributed by atoms with Crippen LogP contribution in [0.2, 0.25) is 0 Å². The SMILES string of the molecule is N#CC1CCCN1C(=O)CCC1CCCC1. The van der Waals surface area contributed by atoms with Crippen LogP contribution in [0.3, 0.4) is 0 Å². The van der Waals surface area contributed by atoms with E-state index >= 15 is 0 Å². The van der Waals surface area contributed by atoms with Gasteiger partial charge in [-0.2, -0.15) is 5.26 Å². The third-order valence-electron chi connectivity index (χ3n) is 3.96. The maximum atomic E-state index is 11.9. The minimum atomic E-state index is -0.143. The molecule has 0 aromatic rings. The third-order valence-corrected chi connectivity index (χ3v) is 3.96. The lowest BCUT2D eigenvalue weighted by atomic mass is 10.0. The van der Waals surface area contributed by atoms with Crippen LogP contribution < -0.4 is 0 Å². The lowest BCUT2D eigenvalue weighted by molar-refractivity contribution is -0.131. The van der Waals surface area contributed by atoms with Gasteiger partial charge in [-0.1, -0.05) is 25.7 Å². The molecule has 2 rings (SSSR count). The number of hydrogen-bond donors (Lipinski definition) is 0. The van der Waals surface area contributed by atoms with Crippen LogP contribution in [0, 0.1) is 17.2 Å². The Morgan fingerprint density at radius 1 is 1.25 bits per heavy atom. The first-order valence-corrected chi connectivity index (χ1v) is 6.50. The highest BCUT2D eigenvalue weighted by atomic mass is 16.2. The maximum absolute atomic E-state index is 11.9. The van der Waals surface area contributed by atoms with Gasteiger partial charge in [0, 0.05) is 13.0 Å². The zero-order chi connectivity index (χ0) is 11.4. The van der Waals surface area contributed by atoms with Crippen LogP contribution >= 0.6 is 0 Å². The van der Waals surface area contributed by atoms with Gasteiger partial charge in [0.2, 0.25) is 5.91 Å². The van der Waals surface area contributed by atoms with Gasteiger partial charge in [0.15, 0.2) is 0 Å². The molecule has 0 radical (unpaired) electrons. The molecular formula is C13H20N2O. The van der Waals surface area contributed by atoms with E-state index in [0.29, 0.717) is 6.42 Å². The predicted molar refractivity (Wildman–Crippen MR) is 61.5 cm³/mol. The van der Waals surface area contributed by atoms with Gasteiger partial charge >= 0.3 is 0 Å². The van der Waals surface area contributed by atoms with E-state index in [9.17, 15) is 4.79 Å². The largest absolute Gasteiger partial charge is 0.327 e. The summed E-state index contributed by atoms with van der Waals surface area (Å²) in [6, 6.07) is 2.09. The van der Waals surface area contributed by atoms with Crippen molar-refractivity contribution < 1.29 is 4.79 Å². The fourth-order valence-corrected chi connectivity index (χ4v) is 2.97. The van der Waals surface area contributed by atoms with E-state index in [-0.39, 0.29) is 11.9 Å². The van der Waals surface area contributed by atoms with E-state index in [2.05, 4.69) is 6.07 Å². The zero-order valence-electron chi connectivity index (χ0n) is 9.82. The molecule has 1 heterocycles. The van der Waals surface area contributed by atoms with Crippen LogP contribution in [0.4, 0.5) is 0 Å². The lowest BCUT2D eigenvalue weighted by Crippen LogP contribution is -2.34. The first kappa shape index (κ1) is 11.4. The molecule has 1 aliphatic heterocycles. The van der Waals surface area contributed by atoms with Crippen molar-refractivity contribution in [2.45, 2.75) is 57.4 Å². The molecule has 1 amide bonds. The molecule has 16 heavy (non-hydrogen) atoms. The van der Waals surface area contributed by atoms with Gasteiger partial charge in [0.1, 0.15) is 6.04 Å². The Morgan fingerprint density at radius 2 is 2.00 bits per heavy atom. The maximum Gasteiger partial charge on any atom is 0.223 e. The van der Waals surface area contributed by atoms with E-state index in [1.807, 2.05) is 0 Å². The van der Waals surface area contributed by atoms with Crippen molar-refractivity contribution in [3.8, 4) is 6.07 Å². The minimum Gasteiger partial charge on any atom is -0.327 e. The van der Waals surface area contributed by atoms with E-state index in [1.54, 1.807) is 4.90 Å². The Bertz CT molecular complexity index is 289. The van der Waals surface area contributed by atoms with E-state index in [4.69, 9.17) is 5.26 Å². The molecule has 1 saturated carbocycles. The summed E-state index contributed by atoms with van der Waals surface area (Å²) in [6.45, 7) is 0.793. The number of carbonyl (C=O) groups is 1. The van der Waals surface area contributed by atoms with Gasteiger partial charge < -0.3 is 4.90 Å². The van der Waals surface area contributed by atoms with Gasteiger partial charge in [0.25, 0.3) is 0 Å². The summed E-state index contributed by atoms with van der Waals surface area (Å²) in [4.78, 5) is 13.7. The summed E-state index contributed by atoms with van der Waals surface area (Å²) in [6.07, 6.45) is 8.83. The summed E-state index contributed by atoms with van der Waals surface area (Å²) >= 11 is 0. The van der Waals surface area contributed by atoms with Crippen LogP contribution in [0.15, 0.2) is 0 Å². The molecule has 0 N–H and O–H groups in total. The molecule has 1 aliphatic carbocycles. The van der Waals surface area contributed by atoms with Crippen molar-refractivity contribution in [1.29, 1.82) is 5.26 Å². The zero-order valence-corrected chi connectivity index (χ0v) is 9.82. The molecule has 0 aromatic carbocycles. The second-order valence-corrected chi connectivity index (χ2v) is 5.06. The Balaban J connectivity index is 1.76. The average molecular weight is 220 g/mol. The predicted octanol–water partition coefficient (Wildman–Crippen LogP) is 2.47. The average Bonchev–Trinajstić information content (AvgIpc) is 2.96. The number of hydrogen-bond acceptors (Lipinski definition) is 2. The van der Waals surface area contributed by atoms with Gasteiger partial charge in [-0.3, -0.25) is 4.79 Å². The molecule has 2 fully saturated rings. The fourth-order valence-electron chi connectivity index (χ4n) is 2.97. The Kier molecular flexibility index (Phi) is 3.82. The molecule has 2 aliphatic rings. The topological polar surface area (TPSA) is 44.1 Å². The van der Waals surface area contributed by atoms with Crippen LogP contribution in [-0.2, 0) is 4.79 Å². The first-order valence-electron chi connectivity index (χ1n) is 6.50. The smallest absolute Gasteiger partial charge is 0.223 e. The monoisotopic (exact) mass is 220 g/mol. The number of rotatable bonds is 3. The fraction of sp³-hybridized carbons (Fsp3) is 0.846. The van der Waals surface area contributed by atoms with Crippen molar-refractivity contribution in [1.82, 2.24) is 4.90 Å². The molecule has 1 unspecified atom stereocenters. The minimum absolute atomic E-state index is 0.143. The van der Waals surface area contributed by atoms with Gasteiger partial charge in [-0.05, 0) is 25.2 Å². The van der Waals surface area contributed by atoms with E-state index in [1.165, 1.54) is 25.7 Å². The molecule has 0 spiro atoms. The highest BCUT2D eigenvalue weighted by Gasteiger charge is 2.28. The van der Waals surface area contributed by atoms with Crippen molar-refractivity contribution in [2.24, 2.45) is 5.92 Å². The van der Waals surface area contributed by atoms with E-state index in [0.717, 1.165) is 31.7 Å². The summed E-state index contributed by atoms with van der Waals surface area (Å²) in [5.74, 6) is 0.975. The molecule has 3 nitrogen and oxygen atoms in total. The number of amides is 1. The van der Waals surface area contributed by atoms with Crippen LogP contribution in [0.1, 0.15) is 51.4 Å². The van der Waals surface area contributed by atoms with Crippen LogP contribution in [0.5, 0.6) is 0 Å². The normalized spacial score (nSPS) is 25.9. The van der Waals surface area contributed by atoms with Crippen molar-refractivity contribution in [2.75, 3.05) is 6.54 Å². The summed E-state index contributed by atoms with van der Waals surface area (Å²) in [5.41, 5.74) is 0. The molecule has 3 heteroatoms. The van der Waals surface area contributed by atoms with Crippen molar-refractivity contribution in [3.63, 3.8) is 0 Å². The summed E-state index contributed by atoms with van der Waals surface area (Å²) in [5, 5.41) is 8.92. The number of nitrogens with zero attached hydrogens (tertiary/aromatic N) is 2. The Labute approximate surface area is 97.4 Å². The van der Waals surface area contributed by atoms with Crippen LogP contribution in [0.25, 0.3) is 0 Å². The van der Waals surface area contributed by atoms with Crippen LogP contribution in [-0.4, -0.2) is 23.4 Å². The summed E-state index contributed by atoms with van der Waals surface area (Å²) < 4.78 is 0. The van der Waals surface area contributed by atoms with Gasteiger partial charge in [0.05, 0.1) is 6.07 Å². The van der Waals surface area contributed by atoms with Crippen molar-refractivity contribution in [3.05, 3.63) is 0 Å². The molecular weight excluding hydrogens is 200 g/mol. The highest BCUT2D eigenvalue weighted by molar-refractivity contribution is 5.77. The summed E-state index contributed by atoms with van der Waals surface area (Å²) in [7, 11) is 0. The second-order valence-electron chi connectivity index (χ2n) is 5.06. The highest BCUT2D eigenvalue weighted by Crippen LogP contribution is 2.29. The van der Waals surface area contributed by atoms with E-state index < -0.39 is 0 Å². The van der Waals surface area contributed by atoms with Crippen molar-refractivity contribution >= 4 is 5.91 Å². The Hall–Kier alpha value is -1.04. The first-order chi connectivity index (χ1) is 7.81. The molecule has 88 valence electrons. The van der Waals surface area contributed by atoms with Gasteiger partial charge in [-0.25, -0.2) is 0 Å². The molecule has 0 bridgehead atoms. The second kappa shape index (κ2) is 5.34. The third kappa shape index (κ3) is 2.55. The molecule has 0 aromatic heterocycles. The quantitative estimate of drug-likeness (QED) is 0.733. The number of carbonyl (C=O) groups excluding carboxylic acids is 1. The number of likely N-dealkylation sites (tertiary alicyclic amines) is 1. The number of nitriles is 1. The standard InChI is InChI=1S/C13H20N2O/c14-10-12-6-3-9-15(12)13(16)8-7-11-4-1-2-5-11/h11-12H,1-9H2. The molecule has 1 atom stereocenters. The Morgan fingerprint density at radius 3 is 2.69 bits per heavy atom. The van der Waals surface area contributed by atoms with Gasteiger partial charge in [-0.15, -0.1) is 0 Å². The lowest BCUT2D eigenvalue weighted by Gasteiger charge is -2.20.